The number of carbonyl (C=O) groups is 1. The summed E-state index contributed by atoms with van der Waals surface area (Å²) in [6.07, 6.45) is 2.75. The Hall–Kier alpha value is -1.74. The van der Waals surface area contributed by atoms with Gasteiger partial charge in [-0.05, 0) is 31.0 Å². The quantitative estimate of drug-likeness (QED) is 0.896. The molecular formula is C15H18N2O. The molecule has 0 radical (unpaired) electrons. The number of pyridine rings is 1. The molecule has 3 heteroatoms. The second-order valence-electron chi connectivity index (χ2n) is 4.86. The van der Waals surface area contributed by atoms with Crippen molar-refractivity contribution < 1.29 is 4.79 Å². The highest BCUT2D eigenvalue weighted by Gasteiger charge is 2.25. The minimum atomic E-state index is -0.746. The van der Waals surface area contributed by atoms with E-state index in [0.29, 0.717) is 12.8 Å². The molecule has 1 aromatic heterocycles. The van der Waals surface area contributed by atoms with Crippen molar-refractivity contribution in [2.24, 2.45) is 5.73 Å². The monoisotopic (exact) mass is 242 g/mol. The van der Waals surface area contributed by atoms with Crippen LogP contribution in [0.4, 0.5) is 0 Å². The van der Waals surface area contributed by atoms with Crippen LogP contribution in [0, 0.1) is 0 Å². The van der Waals surface area contributed by atoms with E-state index in [9.17, 15) is 4.79 Å². The number of benzene rings is 1. The first-order valence-electron chi connectivity index (χ1n) is 6.19. The molecule has 2 aromatic rings. The molecule has 3 nitrogen and oxygen atoms in total. The maximum absolute atomic E-state index is 12.2. The molecule has 0 bridgehead atoms. The largest absolute Gasteiger partial charge is 0.319 e. The molecule has 1 aromatic carbocycles. The molecule has 0 saturated carbocycles. The first kappa shape index (κ1) is 12.7. The van der Waals surface area contributed by atoms with Gasteiger partial charge in [-0.1, -0.05) is 25.1 Å². The van der Waals surface area contributed by atoms with E-state index < -0.39 is 5.54 Å². The lowest BCUT2D eigenvalue weighted by Crippen LogP contribution is -2.45. The Kier molecular flexibility index (Phi) is 3.43. The van der Waals surface area contributed by atoms with Gasteiger partial charge in [0.25, 0.3) is 0 Å². The van der Waals surface area contributed by atoms with Crippen molar-refractivity contribution in [1.29, 1.82) is 0 Å². The minimum absolute atomic E-state index is 0.0707. The van der Waals surface area contributed by atoms with Crippen LogP contribution in [0.2, 0.25) is 0 Å². The van der Waals surface area contributed by atoms with Gasteiger partial charge in [-0.2, -0.15) is 0 Å². The number of Topliss-reactive ketones (excluding diaryl/α,β-unsaturated/α-hetero) is 1. The molecule has 2 rings (SSSR count). The second-order valence-corrected chi connectivity index (χ2v) is 4.86. The maximum Gasteiger partial charge on any atom is 0.156 e. The van der Waals surface area contributed by atoms with Gasteiger partial charge in [-0.25, -0.2) is 0 Å². The zero-order valence-corrected chi connectivity index (χ0v) is 10.8. The predicted molar refractivity (Wildman–Crippen MR) is 73.3 cm³/mol. The Balaban J connectivity index is 2.36. The van der Waals surface area contributed by atoms with Crippen LogP contribution in [-0.4, -0.2) is 16.3 Å². The number of rotatable bonds is 4. The number of para-hydroxylation sites is 1. The summed E-state index contributed by atoms with van der Waals surface area (Å²) in [6.45, 7) is 3.72. The number of carbonyl (C=O) groups excluding carboxylic acids is 1. The first-order valence-corrected chi connectivity index (χ1v) is 6.19. The molecule has 18 heavy (non-hydrogen) atoms. The molecule has 0 amide bonds. The van der Waals surface area contributed by atoms with Gasteiger partial charge in [0.05, 0.1) is 11.1 Å². The van der Waals surface area contributed by atoms with Gasteiger partial charge >= 0.3 is 0 Å². The van der Waals surface area contributed by atoms with Crippen LogP contribution in [0.25, 0.3) is 10.9 Å². The van der Waals surface area contributed by atoms with Crippen molar-refractivity contribution in [3.63, 3.8) is 0 Å². The molecule has 1 unspecified atom stereocenters. The Labute approximate surface area is 107 Å². The van der Waals surface area contributed by atoms with Crippen LogP contribution >= 0.6 is 0 Å². The number of nitrogens with two attached hydrogens (primary N) is 1. The standard InChI is InChI=1S/C15H18N2O/c1-3-15(2,16)14(18)10-11-8-9-17-13-7-5-4-6-12(11)13/h4-9H,3,10,16H2,1-2H3. The van der Waals surface area contributed by atoms with Gasteiger partial charge < -0.3 is 5.73 Å². The van der Waals surface area contributed by atoms with E-state index in [1.54, 1.807) is 13.1 Å². The summed E-state index contributed by atoms with van der Waals surface area (Å²) in [5.74, 6) is 0.0707. The van der Waals surface area contributed by atoms with E-state index in [2.05, 4.69) is 4.98 Å². The fraction of sp³-hybridized carbons (Fsp3) is 0.333. The number of nitrogens with zero attached hydrogens (tertiary/aromatic N) is 1. The highest BCUT2D eigenvalue weighted by Crippen LogP contribution is 2.19. The molecule has 2 N–H and O–H groups in total. The molecule has 0 aliphatic rings. The third kappa shape index (κ3) is 2.41. The summed E-state index contributed by atoms with van der Waals surface area (Å²) in [7, 11) is 0. The van der Waals surface area contributed by atoms with Crippen molar-refractivity contribution in [3.05, 3.63) is 42.1 Å². The molecule has 94 valence electrons. The highest BCUT2D eigenvalue weighted by molar-refractivity contribution is 5.93. The van der Waals surface area contributed by atoms with Gasteiger partial charge in [-0.3, -0.25) is 9.78 Å². The summed E-state index contributed by atoms with van der Waals surface area (Å²) in [5, 5.41) is 1.03. The zero-order valence-electron chi connectivity index (χ0n) is 10.8. The molecular weight excluding hydrogens is 224 g/mol. The number of aromatic nitrogens is 1. The van der Waals surface area contributed by atoms with Gasteiger partial charge in [-0.15, -0.1) is 0 Å². The molecule has 0 aliphatic heterocycles. The summed E-state index contributed by atoms with van der Waals surface area (Å²) >= 11 is 0. The van der Waals surface area contributed by atoms with Crippen molar-refractivity contribution in [2.45, 2.75) is 32.2 Å². The van der Waals surface area contributed by atoms with E-state index in [1.807, 2.05) is 37.3 Å². The van der Waals surface area contributed by atoms with E-state index in [1.165, 1.54) is 0 Å². The highest BCUT2D eigenvalue weighted by atomic mass is 16.1. The Morgan fingerprint density at radius 3 is 2.78 bits per heavy atom. The third-order valence-corrected chi connectivity index (χ3v) is 3.46. The summed E-state index contributed by atoms with van der Waals surface area (Å²) in [4.78, 5) is 16.5. The molecule has 0 aliphatic carbocycles. The third-order valence-electron chi connectivity index (χ3n) is 3.46. The fourth-order valence-corrected chi connectivity index (χ4v) is 1.88. The average molecular weight is 242 g/mol. The minimum Gasteiger partial charge on any atom is -0.319 e. The average Bonchev–Trinajstić information content (AvgIpc) is 2.39. The zero-order chi connectivity index (χ0) is 13.2. The number of ketones is 1. The Bertz CT molecular complexity index is 570. The van der Waals surface area contributed by atoms with Crippen LogP contribution in [0.3, 0.4) is 0 Å². The second kappa shape index (κ2) is 4.86. The van der Waals surface area contributed by atoms with Crippen LogP contribution in [0.1, 0.15) is 25.8 Å². The molecule has 0 saturated heterocycles. The Morgan fingerprint density at radius 1 is 1.33 bits per heavy atom. The first-order chi connectivity index (χ1) is 8.54. The van der Waals surface area contributed by atoms with Crippen molar-refractivity contribution in [1.82, 2.24) is 4.98 Å². The van der Waals surface area contributed by atoms with Crippen LogP contribution in [0.15, 0.2) is 36.5 Å². The van der Waals surface area contributed by atoms with Gasteiger partial charge in [0.15, 0.2) is 5.78 Å². The summed E-state index contributed by atoms with van der Waals surface area (Å²) in [6, 6.07) is 9.74. The lowest BCUT2D eigenvalue weighted by atomic mass is 9.89. The van der Waals surface area contributed by atoms with Gasteiger partial charge in [0.2, 0.25) is 0 Å². The fourth-order valence-electron chi connectivity index (χ4n) is 1.88. The Morgan fingerprint density at radius 2 is 2.06 bits per heavy atom. The number of hydrogen-bond acceptors (Lipinski definition) is 3. The number of fused-ring (bicyclic) bond motifs is 1. The van der Waals surface area contributed by atoms with Gasteiger partial charge in [0, 0.05) is 18.0 Å². The maximum atomic E-state index is 12.2. The molecule has 1 heterocycles. The lowest BCUT2D eigenvalue weighted by Gasteiger charge is -2.21. The van der Waals surface area contributed by atoms with Crippen molar-refractivity contribution in [3.8, 4) is 0 Å². The molecule has 1 atom stereocenters. The van der Waals surface area contributed by atoms with E-state index >= 15 is 0 Å². The SMILES string of the molecule is CCC(C)(N)C(=O)Cc1ccnc2ccccc12. The van der Waals surface area contributed by atoms with E-state index in [4.69, 9.17) is 5.73 Å². The van der Waals surface area contributed by atoms with Crippen LogP contribution in [0.5, 0.6) is 0 Å². The van der Waals surface area contributed by atoms with Crippen LogP contribution < -0.4 is 5.73 Å². The van der Waals surface area contributed by atoms with Crippen molar-refractivity contribution >= 4 is 16.7 Å². The lowest BCUT2D eigenvalue weighted by molar-refractivity contribution is -0.123. The summed E-state index contributed by atoms with van der Waals surface area (Å²) < 4.78 is 0. The normalized spacial score (nSPS) is 14.4. The molecule has 0 spiro atoms. The van der Waals surface area contributed by atoms with E-state index in [0.717, 1.165) is 16.5 Å². The summed E-state index contributed by atoms with van der Waals surface area (Å²) in [5.41, 5.74) is 7.15. The smallest absolute Gasteiger partial charge is 0.156 e. The van der Waals surface area contributed by atoms with Crippen LogP contribution in [-0.2, 0) is 11.2 Å². The number of hydrogen-bond donors (Lipinski definition) is 1. The topological polar surface area (TPSA) is 56.0 Å². The molecule has 0 fully saturated rings. The van der Waals surface area contributed by atoms with E-state index in [-0.39, 0.29) is 5.78 Å². The van der Waals surface area contributed by atoms with Gasteiger partial charge in [0.1, 0.15) is 0 Å². The predicted octanol–water partition coefficient (Wildman–Crippen LogP) is 2.47. The van der Waals surface area contributed by atoms with Crippen molar-refractivity contribution in [2.75, 3.05) is 0 Å².